The second kappa shape index (κ2) is 10.1. The molecule has 3 fully saturated rings. The van der Waals surface area contributed by atoms with Crippen molar-refractivity contribution in [2.24, 2.45) is 11.8 Å². The zero-order valence-corrected chi connectivity index (χ0v) is 21.4. The normalized spacial score (nSPS) is 24.6. The molecule has 36 heavy (non-hydrogen) atoms. The number of carboxylic acids is 1. The molecular formula is C31H36N2O3. The van der Waals surface area contributed by atoms with Gasteiger partial charge in [0.15, 0.2) is 0 Å². The Morgan fingerprint density at radius 3 is 2.25 bits per heavy atom. The van der Waals surface area contributed by atoms with Crippen LogP contribution in [-0.2, 0) is 16.9 Å². The van der Waals surface area contributed by atoms with Crippen LogP contribution in [0.1, 0.15) is 48.4 Å². The Morgan fingerprint density at radius 2 is 1.69 bits per heavy atom. The van der Waals surface area contributed by atoms with Crippen molar-refractivity contribution in [3.05, 3.63) is 101 Å². The van der Waals surface area contributed by atoms with E-state index in [0.29, 0.717) is 19.0 Å². The van der Waals surface area contributed by atoms with Gasteiger partial charge in [0, 0.05) is 24.7 Å². The molecule has 3 aliphatic rings. The Morgan fingerprint density at radius 1 is 1.06 bits per heavy atom. The Kier molecular flexibility index (Phi) is 6.87. The Labute approximate surface area is 214 Å². The smallest absolute Gasteiger partial charge is 0.308 e. The first-order valence-corrected chi connectivity index (χ1v) is 13.0. The van der Waals surface area contributed by atoms with E-state index in [2.05, 4.69) is 84.7 Å². The maximum absolute atomic E-state index is 12.4. The summed E-state index contributed by atoms with van der Waals surface area (Å²) in [7, 11) is 1.71. The molecule has 1 unspecified atom stereocenters. The molecule has 0 saturated carbocycles. The van der Waals surface area contributed by atoms with Gasteiger partial charge in [-0.1, -0.05) is 86.6 Å². The highest BCUT2D eigenvalue weighted by Gasteiger charge is 2.59. The highest BCUT2D eigenvalue weighted by atomic mass is 16.5. The number of carboxylic acid groups (broad SMARTS) is 1. The van der Waals surface area contributed by atoms with Gasteiger partial charge in [-0.3, -0.25) is 9.69 Å². The number of nitrogens with one attached hydrogen (secondary N) is 1. The molecule has 0 radical (unpaired) electrons. The van der Waals surface area contributed by atoms with Crippen LogP contribution in [0.4, 0.5) is 0 Å². The molecule has 5 heteroatoms. The molecule has 188 valence electrons. The van der Waals surface area contributed by atoms with Gasteiger partial charge < -0.3 is 15.2 Å². The van der Waals surface area contributed by atoms with Crippen molar-refractivity contribution in [1.29, 1.82) is 0 Å². The molecular weight excluding hydrogens is 448 g/mol. The summed E-state index contributed by atoms with van der Waals surface area (Å²) in [5.41, 5.74) is 4.31. The van der Waals surface area contributed by atoms with Crippen LogP contribution in [-0.4, -0.2) is 42.2 Å². The first kappa shape index (κ1) is 24.5. The second-order valence-corrected chi connectivity index (χ2v) is 10.4. The lowest BCUT2D eigenvalue weighted by atomic mass is 9.60. The average Bonchev–Trinajstić information content (AvgIpc) is 2.92. The van der Waals surface area contributed by atoms with Crippen molar-refractivity contribution >= 4 is 5.97 Å². The number of rotatable bonds is 8. The second-order valence-electron chi connectivity index (χ2n) is 10.4. The molecule has 3 heterocycles. The van der Waals surface area contributed by atoms with Crippen molar-refractivity contribution in [2.45, 2.75) is 44.3 Å². The fourth-order valence-corrected chi connectivity index (χ4v) is 6.55. The summed E-state index contributed by atoms with van der Waals surface area (Å²) < 4.78 is 5.72. The summed E-state index contributed by atoms with van der Waals surface area (Å²) >= 11 is 0. The van der Waals surface area contributed by atoms with E-state index in [0.717, 1.165) is 24.3 Å². The molecule has 5 nitrogen and oxygen atoms in total. The van der Waals surface area contributed by atoms with E-state index in [9.17, 15) is 9.90 Å². The number of hydrogen-bond donors (Lipinski definition) is 2. The molecule has 6 rings (SSSR count). The minimum absolute atomic E-state index is 0.00666. The van der Waals surface area contributed by atoms with Crippen molar-refractivity contribution in [3.8, 4) is 5.75 Å². The van der Waals surface area contributed by atoms with Gasteiger partial charge >= 0.3 is 5.97 Å². The molecule has 0 aliphatic carbocycles. The van der Waals surface area contributed by atoms with Crippen LogP contribution in [0, 0.1) is 11.8 Å². The third-order valence-electron chi connectivity index (χ3n) is 8.27. The lowest BCUT2D eigenvalue weighted by molar-refractivity contribution is -0.157. The third kappa shape index (κ3) is 4.10. The monoisotopic (exact) mass is 484 g/mol. The van der Waals surface area contributed by atoms with Gasteiger partial charge in [-0.15, -0.1) is 0 Å². The standard InChI is InChI=1S/C31H36N2O3/c1-21(2)22-14-15-28(36-3)23(18-22)19-32-29-26-16-17-33(20-27(26)30(34)35)31(29,24-10-6-4-7-11-24)25-12-8-5-9-13-25/h4-15,18,21,26-27,29,32H,16-17,19-20H2,1-3H3,(H,34,35)/t26-,27-,29-/m0/s1. The van der Waals surface area contributed by atoms with Gasteiger partial charge in [0.05, 0.1) is 18.6 Å². The van der Waals surface area contributed by atoms with E-state index in [1.807, 2.05) is 18.2 Å². The molecule has 4 atom stereocenters. The number of piperidine rings is 3. The summed E-state index contributed by atoms with van der Waals surface area (Å²) in [5, 5.41) is 14.1. The highest BCUT2D eigenvalue weighted by Crippen LogP contribution is 2.51. The van der Waals surface area contributed by atoms with Crippen molar-refractivity contribution in [3.63, 3.8) is 0 Å². The van der Waals surface area contributed by atoms with Crippen LogP contribution < -0.4 is 10.1 Å². The number of methoxy groups -OCH3 is 1. The van der Waals surface area contributed by atoms with Crippen LogP contribution in [0.15, 0.2) is 78.9 Å². The number of hydrogen-bond acceptors (Lipinski definition) is 4. The third-order valence-corrected chi connectivity index (χ3v) is 8.27. The molecule has 2 N–H and O–H groups in total. The number of aliphatic carboxylic acids is 1. The van der Waals surface area contributed by atoms with Gasteiger partial charge in [-0.05, 0) is 47.6 Å². The minimum Gasteiger partial charge on any atom is -0.496 e. The minimum atomic E-state index is -0.703. The van der Waals surface area contributed by atoms with Crippen LogP contribution >= 0.6 is 0 Å². The summed E-state index contributed by atoms with van der Waals surface area (Å²) in [4.78, 5) is 14.8. The molecule has 3 aromatic carbocycles. The van der Waals surface area contributed by atoms with Crippen molar-refractivity contribution < 1.29 is 14.6 Å². The summed E-state index contributed by atoms with van der Waals surface area (Å²) in [5.74, 6) is 0.169. The van der Waals surface area contributed by atoms with E-state index in [-0.39, 0.29) is 12.0 Å². The number of carbonyl (C=O) groups is 1. The molecule has 0 aromatic heterocycles. The maximum Gasteiger partial charge on any atom is 0.308 e. The molecule has 3 aliphatic heterocycles. The Bertz CT molecular complexity index is 1160. The van der Waals surface area contributed by atoms with Gasteiger partial charge in [-0.2, -0.15) is 0 Å². The molecule has 3 aromatic rings. The zero-order valence-electron chi connectivity index (χ0n) is 21.4. The lowest BCUT2D eigenvalue weighted by Gasteiger charge is -2.61. The van der Waals surface area contributed by atoms with Crippen molar-refractivity contribution in [1.82, 2.24) is 10.2 Å². The fourth-order valence-electron chi connectivity index (χ4n) is 6.55. The Balaban J connectivity index is 1.63. The summed E-state index contributed by atoms with van der Waals surface area (Å²) in [6, 6.07) is 27.5. The van der Waals surface area contributed by atoms with E-state index >= 15 is 0 Å². The van der Waals surface area contributed by atoms with Crippen LogP contribution in [0.5, 0.6) is 5.75 Å². The summed E-state index contributed by atoms with van der Waals surface area (Å²) in [6.07, 6.45) is 0.860. The van der Waals surface area contributed by atoms with Gasteiger partial charge in [0.1, 0.15) is 5.75 Å². The molecule has 2 bridgehead atoms. The SMILES string of the molecule is COc1ccc(C(C)C)cc1CN[C@H]1[C@H]2CCN(C[C@@H]2C(=O)O)C1(c1ccccc1)c1ccccc1. The maximum atomic E-state index is 12.4. The predicted molar refractivity (Wildman–Crippen MR) is 142 cm³/mol. The van der Waals surface area contributed by atoms with E-state index in [1.165, 1.54) is 16.7 Å². The zero-order chi connectivity index (χ0) is 25.3. The Hall–Kier alpha value is -3.15. The van der Waals surface area contributed by atoms with E-state index < -0.39 is 17.4 Å². The predicted octanol–water partition coefficient (Wildman–Crippen LogP) is 5.26. The van der Waals surface area contributed by atoms with Crippen LogP contribution in [0.3, 0.4) is 0 Å². The average molecular weight is 485 g/mol. The molecule has 3 saturated heterocycles. The van der Waals surface area contributed by atoms with Gasteiger partial charge in [-0.25, -0.2) is 0 Å². The lowest BCUT2D eigenvalue weighted by Crippen LogP contribution is -2.72. The van der Waals surface area contributed by atoms with Crippen LogP contribution in [0.25, 0.3) is 0 Å². The number of nitrogens with zero attached hydrogens (tertiary/aromatic N) is 1. The molecule has 0 amide bonds. The fraction of sp³-hybridized carbons (Fsp3) is 0.387. The first-order valence-electron chi connectivity index (χ1n) is 13.0. The van der Waals surface area contributed by atoms with Gasteiger partial charge in [0.25, 0.3) is 0 Å². The first-order chi connectivity index (χ1) is 17.5. The van der Waals surface area contributed by atoms with E-state index in [4.69, 9.17) is 4.74 Å². The van der Waals surface area contributed by atoms with E-state index in [1.54, 1.807) is 7.11 Å². The number of fused-ring (bicyclic) bond motifs is 3. The number of ether oxygens (including phenoxy) is 1. The largest absolute Gasteiger partial charge is 0.496 e. The van der Waals surface area contributed by atoms with Crippen LogP contribution in [0.2, 0.25) is 0 Å². The molecule has 0 spiro atoms. The van der Waals surface area contributed by atoms with Gasteiger partial charge in [0.2, 0.25) is 0 Å². The topological polar surface area (TPSA) is 61.8 Å². The number of benzene rings is 3. The van der Waals surface area contributed by atoms with Crippen molar-refractivity contribution in [2.75, 3.05) is 20.2 Å². The quantitative estimate of drug-likeness (QED) is 0.457. The summed E-state index contributed by atoms with van der Waals surface area (Å²) in [6.45, 7) is 6.42. The highest BCUT2D eigenvalue weighted by molar-refractivity contribution is 5.71.